The maximum Gasteiger partial charge on any atom is 0.320 e. The zero-order valence-electron chi connectivity index (χ0n) is 9.21. The lowest BCUT2D eigenvalue weighted by Crippen LogP contribution is -2.32. The van der Waals surface area contributed by atoms with Crippen molar-refractivity contribution in [1.29, 1.82) is 0 Å². The van der Waals surface area contributed by atoms with E-state index in [2.05, 4.69) is 0 Å². The molecule has 0 fully saturated rings. The van der Waals surface area contributed by atoms with E-state index in [9.17, 15) is 9.90 Å². The Balaban J connectivity index is 3.02. The molecule has 0 bridgehead atoms. The minimum absolute atomic E-state index is 0.0714. The Bertz CT molecular complexity index is 408. The zero-order valence-corrected chi connectivity index (χ0v) is 9.21. The molecule has 0 heterocycles. The van der Waals surface area contributed by atoms with Crippen molar-refractivity contribution in [2.45, 2.75) is 18.6 Å². The minimum Gasteiger partial charge on any atom is -0.480 e. The van der Waals surface area contributed by atoms with Crippen LogP contribution in [0, 0.1) is 0 Å². The number of carboxylic acid groups (broad SMARTS) is 1. The lowest BCUT2D eigenvalue weighted by Gasteiger charge is -2.16. The third-order valence-electron chi connectivity index (χ3n) is 2.46. The van der Waals surface area contributed by atoms with E-state index in [0.717, 1.165) is 0 Å². The summed E-state index contributed by atoms with van der Waals surface area (Å²) in [6.45, 7) is -0.460. The SMILES string of the molecule is Nc1ccc(C[C@H](N)C(=O)O)c(C(O)CO)c1. The summed E-state index contributed by atoms with van der Waals surface area (Å²) >= 11 is 0. The van der Waals surface area contributed by atoms with Crippen LogP contribution in [0.4, 0.5) is 5.69 Å². The van der Waals surface area contributed by atoms with Crippen LogP contribution in [-0.2, 0) is 11.2 Å². The molecule has 6 nitrogen and oxygen atoms in total. The third-order valence-corrected chi connectivity index (χ3v) is 2.46. The number of anilines is 1. The molecule has 7 N–H and O–H groups in total. The highest BCUT2D eigenvalue weighted by molar-refractivity contribution is 5.73. The summed E-state index contributed by atoms with van der Waals surface area (Å²) in [4.78, 5) is 10.7. The molecule has 0 spiro atoms. The molecule has 6 heteroatoms. The Morgan fingerprint density at radius 3 is 2.59 bits per heavy atom. The van der Waals surface area contributed by atoms with E-state index in [1.54, 1.807) is 12.1 Å². The van der Waals surface area contributed by atoms with E-state index < -0.39 is 24.7 Å². The second-order valence-electron chi connectivity index (χ2n) is 3.81. The summed E-state index contributed by atoms with van der Waals surface area (Å²) < 4.78 is 0. The molecule has 2 atom stereocenters. The molecule has 1 rings (SSSR count). The number of rotatable bonds is 5. The number of benzene rings is 1. The summed E-state index contributed by atoms with van der Waals surface area (Å²) in [5.74, 6) is -1.12. The van der Waals surface area contributed by atoms with Gasteiger partial charge in [0.15, 0.2) is 0 Å². The van der Waals surface area contributed by atoms with Gasteiger partial charge in [0.1, 0.15) is 12.1 Å². The standard InChI is InChI=1S/C11H16N2O4/c12-7-2-1-6(3-9(13)11(16)17)8(4-7)10(15)5-14/h1-2,4,9-10,14-15H,3,5,12-13H2,(H,16,17)/t9-,10?/m0/s1. The van der Waals surface area contributed by atoms with Gasteiger partial charge in [0, 0.05) is 5.69 Å². The molecule has 0 aliphatic carbocycles. The highest BCUT2D eigenvalue weighted by Gasteiger charge is 2.17. The van der Waals surface area contributed by atoms with Crippen molar-refractivity contribution >= 4 is 11.7 Å². The van der Waals surface area contributed by atoms with Crippen LogP contribution in [0.2, 0.25) is 0 Å². The van der Waals surface area contributed by atoms with Crippen LogP contribution in [0.25, 0.3) is 0 Å². The fraction of sp³-hybridized carbons (Fsp3) is 0.364. The highest BCUT2D eigenvalue weighted by atomic mass is 16.4. The summed E-state index contributed by atoms with van der Waals surface area (Å²) in [6, 6.07) is 3.65. The molecule has 1 aromatic carbocycles. The number of aliphatic carboxylic acids is 1. The second kappa shape index (κ2) is 5.62. The normalized spacial score (nSPS) is 14.3. The van der Waals surface area contributed by atoms with E-state index in [4.69, 9.17) is 21.7 Å². The van der Waals surface area contributed by atoms with Crippen LogP contribution in [0.15, 0.2) is 18.2 Å². The van der Waals surface area contributed by atoms with E-state index >= 15 is 0 Å². The summed E-state index contributed by atoms with van der Waals surface area (Å²) in [6.07, 6.45) is -1.02. The number of hydrogen-bond donors (Lipinski definition) is 5. The number of hydrogen-bond acceptors (Lipinski definition) is 5. The van der Waals surface area contributed by atoms with E-state index in [1.165, 1.54) is 6.07 Å². The monoisotopic (exact) mass is 240 g/mol. The number of nitrogen functional groups attached to an aromatic ring is 1. The van der Waals surface area contributed by atoms with Gasteiger partial charge in [0.2, 0.25) is 0 Å². The zero-order chi connectivity index (χ0) is 13.0. The van der Waals surface area contributed by atoms with Gasteiger partial charge >= 0.3 is 5.97 Å². The van der Waals surface area contributed by atoms with Gasteiger partial charge in [-0.25, -0.2) is 0 Å². The minimum atomic E-state index is -1.12. The first-order valence-corrected chi connectivity index (χ1v) is 5.11. The van der Waals surface area contributed by atoms with Crippen LogP contribution in [0.1, 0.15) is 17.2 Å². The molecule has 1 aromatic rings. The highest BCUT2D eigenvalue weighted by Crippen LogP contribution is 2.22. The van der Waals surface area contributed by atoms with Crippen molar-refractivity contribution in [3.8, 4) is 0 Å². The van der Waals surface area contributed by atoms with Crippen molar-refractivity contribution in [3.63, 3.8) is 0 Å². The van der Waals surface area contributed by atoms with Crippen LogP contribution >= 0.6 is 0 Å². The van der Waals surface area contributed by atoms with Gasteiger partial charge in [-0.2, -0.15) is 0 Å². The number of nitrogens with two attached hydrogens (primary N) is 2. The smallest absolute Gasteiger partial charge is 0.320 e. The molecule has 0 aliphatic heterocycles. The largest absolute Gasteiger partial charge is 0.480 e. The van der Waals surface area contributed by atoms with Gasteiger partial charge in [0.05, 0.1) is 6.61 Å². The second-order valence-corrected chi connectivity index (χ2v) is 3.81. The van der Waals surface area contributed by atoms with Gasteiger partial charge in [-0.05, 0) is 29.7 Å². The average Bonchev–Trinajstić information content (AvgIpc) is 2.30. The van der Waals surface area contributed by atoms with E-state index in [0.29, 0.717) is 16.8 Å². The fourth-order valence-electron chi connectivity index (χ4n) is 1.53. The summed E-state index contributed by atoms with van der Waals surface area (Å²) in [5.41, 5.74) is 12.4. The molecular weight excluding hydrogens is 224 g/mol. The Hall–Kier alpha value is -1.63. The van der Waals surface area contributed by atoms with Crippen LogP contribution in [0.3, 0.4) is 0 Å². The van der Waals surface area contributed by atoms with Gasteiger partial charge in [0.25, 0.3) is 0 Å². The Morgan fingerprint density at radius 1 is 1.41 bits per heavy atom. The lowest BCUT2D eigenvalue weighted by atomic mass is 9.96. The number of aliphatic hydroxyl groups is 2. The molecule has 0 saturated carbocycles. The fourth-order valence-corrected chi connectivity index (χ4v) is 1.53. The van der Waals surface area contributed by atoms with Gasteiger partial charge in [-0.3, -0.25) is 4.79 Å². The van der Waals surface area contributed by atoms with Crippen molar-refractivity contribution < 1.29 is 20.1 Å². The van der Waals surface area contributed by atoms with E-state index in [-0.39, 0.29) is 6.42 Å². The summed E-state index contributed by atoms with van der Waals surface area (Å²) in [7, 11) is 0. The van der Waals surface area contributed by atoms with Gasteiger partial charge in [-0.15, -0.1) is 0 Å². The third kappa shape index (κ3) is 3.42. The Labute approximate surface area is 98.5 Å². The van der Waals surface area contributed by atoms with Crippen molar-refractivity contribution in [2.75, 3.05) is 12.3 Å². The van der Waals surface area contributed by atoms with Crippen molar-refractivity contribution in [1.82, 2.24) is 0 Å². The molecule has 0 saturated heterocycles. The van der Waals surface area contributed by atoms with E-state index in [1.807, 2.05) is 0 Å². The Kier molecular flexibility index (Phi) is 4.45. The molecule has 0 amide bonds. The van der Waals surface area contributed by atoms with Gasteiger partial charge in [-0.1, -0.05) is 6.07 Å². The maximum absolute atomic E-state index is 10.7. The molecule has 1 unspecified atom stereocenters. The van der Waals surface area contributed by atoms with Crippen LogP contribution in [-0.4, -0.2) is 33.9 Å². The first-order valence-electron chi connectivity index (χ1n) is 5.11. The van der Waals surface area contributed by atoms with Crippen LogP contribution in [0.5, 0.6) is 0 Å². The first-order chi connectivity index (χ1) is 7.95. The molecule has 0 aliphatic rings. The molecule has 17 heavy (non-hydrogen) atoms. The van der Waals surface area contributed by atoms with Gasteiger partial charge < -0.3 is 26.8 Å². The number of carboxylic acids is 1. The lowest BCUT2D eigenvalue weighted by molar-refractivity contribution is -0.138. The summed E-state index contributed by atoms with van der Waals surface area (Å²) in [5, 5.41) is 27.2. The predicted octanol–water partition coefficient (Wildman–Crippen LogP) is -0.751. The molecule has 94 valence electrons. The first kappa shape index (κ1) is 13.4. The molecular formula is C11H16N2O4. The maximum atomic E-state index is 10.7. The number of aliphatic hydroxyl groups excluding tert-OH is 2. The van der Waals surface area contributed by atoms with Crippen molar-refractivity contribution in [2.24, 2.45) is 5.73 Å². The average molecular weight is 240 g/mol. The molecule has 0 aromatic heterocycles. The topological polar surface area (TPSA) is 130 Å². The Morgan fingerprint density at radius 2 is 2.06 bits per heavy atom. The molecule has 0 radical (unpaired) electrons. The predicted molar refractivity (Wildman–Crippen MR) is 62.2 cm³/mol. The quantitative estimate of drug-likeness (QED) is 0.430. The van der Waals surface area contributed by atoms with Crippen LogP contribution < -0.4 is 11.5 Å². The van der Waals surface area contributed by atoms with Crippen molar-refractivity contribution in [3.05, 3.63) is 29.3 Å². The number of carbonyl (C=O) groups is 1.